The summed E-state index contributed by atoms with van der Waals surface area (Å²) < 4.78 is 28.3. The Morgan fingerprint density at radius 2 is 1.61 bits per heavy atom. The van der Waals surface area contributed by atoms with Gasteiger partial charge in [0.15, 0.2) is 0 Å². The second-order valence-electron chi connectivity index (χ2n) is 7.15. The highest BCUT2D eigenvalue weighted by Gasteiger charge is 2.37. The highest BCUT2D eigenvalue weighted by Crippen LogP contribution is 2.31. The minimum absolute atomic E-state index is 0.137. The van der Waals surface area contributed by atoms with Crippen molar-refractivity contribution in [2.45, 2.75) is 57.4 Å². The molecule has 3 rings (SSSR count). The topological polar surface area (TPSA) is 40.6 Å². The average Bonchev–Trinajstić information content (AvgIpc) is 3.09. The van der Waals surface area contributed by atoms with Gasteiger partial charge >= 0.3 is 0 Å². The van der Waals surface area contributed by atoms with E-state index in [2.05, 4.69) is 4.90 Å². The van der Waals surface area contributed by atoms with Gasteiger partial charge in [-0.1, -0.05) is 17.7 Å². The lowest BCUT2D eigenvalue weighted by atomic mass is 10.1. The minimum Gasteiger partial charge on any atom is -0.302 e. The first kappa shape index (κ1) is 16.9. The van der Waals surface area contributed by atoms with Gasteiger partial charge in [0.25, 0.3) is 0 Å². The Hall–Kier alpha value is -0.910. The number of likely N-dealkylation sites (tertiary alicyclic amines) is 1. The SMILES string of the molecule is Cc1cc(C)c(S(=O)(=O)N2CCCC2CN2CCCC2)c(C)c1. The predicted octanol–water partition coefficient (Wildman–Crippen LogP) is 2.86. The number of benzene rings is 1. The number of nitrogens with zero attached hydrogens (tertiary/aromatic N) is 2. The van der Waals surface area contributed by atoms with E-state index < -0.39 is 10.0 Å². The van der Waals surface area contributed by atoms with E-state index in [9.17, 15) is 8.42 Å². The zero-order valence-electron chi connectivity index (χ0n) is 14.5. The van der Waals surface area contributed by atoms with Crippen molar-refractivity contribution in [3.05, 3.63) is 28.8 Å². The molecule has 0 radical (unpaired) electrons. The number of hydrogen-bond donors (Lipinski definition) is 0. The van der Waals surface area contributed by atoms with Crippen molar-refractivity contribution in [1.82, 2.24) is 9.21 Å². The van der Waals surface area contributed by atoms with Crippen LogP contribution in [0.5, 0.6) is 0 Å². The van der Waals surface area contributed by atoms with Crippen LogP contribution in [0.3, 0.4) is 0 Å². The van der Waals surface area contributed by atoms with Crippen LogP contribution < -0.4 is 0 Å². The third-order valence-electron chi connectivity index (χ3n) is 5.16. The summed E-state index contributed by atoms with van der Waals surface area (Å²) in [6.45, 7) is 9.63. The van der Waals surface area contributed by atoms with E-state index in [0.29, 0.717) is 11.4 Å². The predicted molar refractivity (Wildman–Crippen MR) is 93.2 cm³/mol. The van der Waals surface area contributed by atoms with Gasteiger partial charge in [-0.05, 0) is 70.7 Å². The molecule has 1 atom stereocenters. The van der Waals surface area contributed by atoms with Gasteiger partial charge in [0, 0.05) is 19.1 Å². The third kappa shape index (κ3) is 3.32. The van der Waals surface area contributed by atoms with Crippen molar-refractivity contribution in [3.8, 4) is 0 Å². The van der Waals surface area contributed by atoms with Crippen LogP contribution in [0.15, 0.2) is 17.0 Å². The standard InChI is InChI=1S/C18H28N2O2S/c1-14-11-15(2)18(16(3)12-14)23(21,22)20-10-6-7-17(20)13-19-8-4-5-9-19/h11-12,17H,4-10,13H2,1-3H3. The minimum atomic E-state index is -3.40. The van der Waals surface area contributed by atoms with E-state index >= 15 is 0 Å². The van der Waals surface area contributed by atoms with Crippen LogP contribution in [-0.4, -0.2) is 49.8 Å². The number of aryl methyl sites for hydroxylation is 3. The van der Waals surface area contributed by atoms with Gasteiger partial charge in [0.2, 0.25) is 10.0 Å². The summed E-state index contributed by atoms with van der Waals surface area (Å²) in [6, 6.07) is 4.09. The molecule has 1 aromatic rings. The van der Waals surface area contributed by atoms with Crippen molar-refractivity contribution in [2.75, 3.05) is 26.2 Å². The Kier molecular flexibility index (Phi) is 4.81. The van der Waals surface area contributed by atoms with E-state index in [-0.39, 0.29) is 6.04 Å². The Balaban J connectivity index is 1.89. The second-order valence-corrected chi connectivity index (χ2v) is 8.97. The summed E-state index contributed by atoms with van der Waals surface area (Å²) in [5.41, 5.74) is 2.86. The number of hydrogen-bond acceptors (Lipinski definition) is 3. The molecule has 0 N–H and O–H groups in total. The smallest absolute Gasteiger partial charge is 0.243 e. The lowest BCUT2D eigenvalue weighted by Crippen LogP contribution is -2.42. The summed E-state index contributed by atoms with van der Waals surface area (Å²) in [5.74, 6) is 0. The maximum atomic E-state index is 13.3. The van der Waals surface area contributed by atoms with E-state index in [4.69, 9.17) is 0 Å². The molecule has 0 aliphatic carbocycles. The quantitative estimate of drug-likeness (QED) is 0.849. The molecule has 2 heterocycles. The highest BCUT2D eigenvalue weighted by atomic mass is 32.2. The Morgan fingerprint density at radius 3 is 2.22 bits per heavy atom. The van der Waals surface area contributed by atoms with Crippen LogP contribution in [0, 0.1) is 20.8 Å². The van der Waals surface area contributed by atoms with Gasteiger partial charge in [0.1, 0.15) is 0 Å². The van der Waals surface area contributed by atoms with Crippen LogP contribution in [-0.2, 0) is 10.0 Å². The summed E-state index contributed by atoms with van der Waals surface area (Å²) in [4.78, 5) is 2.95. The lowest BCUT2D eigenvalue weighted by Gasteiger charge is -2.29. The first-order valence-corrected chi connectivity index (χ1v) is 10.2. The van der Waals surface area contributed by atoms with Crippen molar-refractivity contribution < 1.29 is 8.42 Å². The first-order chi connectivity index (χ1) is 10.9. The fourth-order valence-electron chi connectivity index (χ4n) is 4.26. The van der Waals surface area contributed by atoms with Crippen molar-refractivity contribution >= 4 is 10.0 Å². The molecule has 0 bridgehead atoms. The first-order valence-electron chi connectivity index (χ1n) is 8.71. The molecule has 128 valence electrons. The summed E-state index contributed by atoms with van der Waals surface area (Å²) in [7, 11) is -3.40. The fourth-order valence-corrected chi connectivity index (χ4v) is 6.36. The molecular formula is C18H28N2O2S. The van der Waals surface area contributed by atoms with Crippen LogP contribution in [0.4, 0.5) is 0 Å². The fraction of sp³-hybridized carbons (Fsp3) is 0.667. The Bertz CT molecular complexity index is 655. The lowest BCUT2D eigenvalue weighted by molar-refractivity contribution is 0.257. The van der Waals surface area contributed by atoms with Crippen LogP contribution in [0.2, 0.25) is 0 Å². The summed E-state index contributed by atoms with van der Waals surface area (Å²) in [5, 5.41) is 0. The van der Waals surface area contributed by atoms with E-state index in [1.807, 2.05) is 32.9 Å². The van der Waals surface area contributed by atoms with Crippen LogP contribution in [0.1, 0.15) is 42.4 Å². The molecule has 0 amide bonds. The van der Waals surface area contributed by atoms with Gasteiger partial charge < -0.3 is 4.90 Å². The largest absolute Gasteiger partial charge is 0.302 e. The number of sulfonamides is 1. The van der Waals surface area contributed by atoms with Crippen LogP contribution in [0.25, 0.3) is 0 Å². The molecule has 0 aromatic heterocycles. The highest BCUT2D eigenvalue weighted by molar-refractivity contribution is 7.89. The van der Waals surface area contributed by atoms with Gasteiger partial charge in [-0.3, -0.25) is 0 Å². The van der Waals surface area contributed by atoms with E-state index in [0.717, 1.165) is 49.2 Å². The normalized spacial score (nSPS) is 23.7. The van der Waals surface area contributed by atoms with Gasteiger partial charge in [-0.2, -0.15) is 4.31 Å². The van der Waals surface area contributed by atoms with Gasteiger partial charge in [-0.15, -0.1) is 0 Å². The van der Waals surface area contributed by atoms with Crippen molar-refractivity contribution in [2.24, 2.45) is 0 Å². The second kappa shape index (κ2) is 6.54. The average molecular weight is 337 g/mol. The van der Waals surface area contributed by atoms with Crippen molar-refractivity contribution in [3.63, 3.8) is 0 Å². The molecule has 1 unspecified atom stereocenters. The molecule has 0 saturated carbocycles. The molecule has 0 spiro atoms. The number of rotatable bonds is 4. The third-order valence-corrected chi connectivity index (χ3v) is 7.42. The molecule has 2 fully saturated rings. The molecule has 4 nitrogen and oxygen atoms in total. The van der Waals surface area contributed by atoms with E-state index in [1.165, 1.54) is 12.8 Å². The Labute approximate surface area is 140 Å². The maximum absolute atomic E-state index is 13.3. The zero-order valence-corrected chi connectivity index (χ0v) is 15.3. The zero-order chi connectivity index (χ0) is 16.6. The summed E-state index contributed by atoms with van der Waals surface area (Å²) >= 11 is 0. The van der Waals surface area contributed by atoms with E-state index in [1.54, 1.807) is 4.31 Å². The maximum Gasteiger partial charge on any atom is 0.243 e. The molecule has 5 heteroatoms. The van der Waals surface area contributed by atoms with Gasteiger partial charge in [0.05, 0.1) is 4.90 Å². The molecule has 23 heavy (non-hydrogen) atoms. The Morgan fingerprint density at radius 1 is 1.00 bits per heavy atom. The molecular weight excluding hydrogens is 308 g/mol. The molecule has 2 aliphatic heterocycles. The van der Waals surface area contributed by atoms with Crippen molar-refractivity contribution in [1.29, 1.82) is 0 Å². The van der Waals surface area contributed by atoms with Gasteiger partial charge in [-0.25, -0.2) is 8.42 Å². The molecule has 2 aliphatic rings. The molecule has 1 aromatic carbocycles. The van der Waals surface area contributed by atoms with Crippen LogP contribution >= 0.6 is 0 Å². The molecule has 2 saturated heterocycles. The summed E-state index contributed by atoms with van der Waals surface area (Å²) in [6.07, 6.45) is 4.45. The monoisotopic (exact) mass is 336 g/mol.